The van der Waals surface area contributed by atoms with Crippen molar-refractivity contribution in [2.24, 2.45) is 5.41 Å². The molecule has 1 heterocycles. The van der Waals surface area contributed by atoms with Gasteiger partial charge in [0, 0.05) is 11.0 Å². The number of aliphatic carboxylic acids is 1. The molecule has 94 valence electrons. The topological polar surface area (TPSA) is 37.3 Å². The fraction of sp³-hybridized carbons (Fsp3) is 0.400. The standard InChI is InChI=1S/C15H16O2S/c16-14(17)12-15(8-10-18-11-9-15)7-6-13-4-2-1-3-5-13/h1-5H,8-12H2,(H,16,17). The number of rotatable bonds is 2. The summed E-state index contributed by atoms with van der Waals surface area (Å²) in [5.74, 6) is 7.65. The van der Waals surface area contributed by atoms with Crippen molar-refractivity contribution in [3.63, 3.8) is 0 Å². The van der Waals surface area contributed by atoms with Crippen LogP contribution >= 0.6 is 11.8 Å². The predicted molar refractivity (Wildman–Crippen MR) is 74.6 cm³/mol. The van der Waals surface area contributed by atoms with Crippen molar-refractivity contribution in [3.8, 4) is 11.8 Å². The number of hydrogen-bond acceptors (Lipinski definition) is 2. The smallest absolute Gasteiger partial charge is 0.304 e. The minimum Gasteiger partial charge on any atom is -0.481 e. The molecular weight excluding hydrogens is 244 g/mol. The fourth-order valence-corrected chi connectivity index (χ4v) is 3.40. The lowest BCUT2D eigenvalue weighted by Crippen LogP contribution is -2.27. The number of carboxylic acid groups (broad SMARTS) is 1. The quantitative estimate of drug-likeness (QED) is 0.830. The Bertz CT molecular complexity index is 464. The van der Waals surface area contributed by atoms with Crippen LogP contribution in [0.3, 0.4) is 0 Å². The summed E-state index contributed by atoms with van der Waals surface area (Å²) in [6, 6.07) is 9.77. The Hall–Kier alpha value is -1.40. The molecular formula is C15H16O2S. The van der Waals surface area contributed by atoms with Gasteiger partial charge in [-0.05, 0) is 36.5 Å². The van der Waals surface area contributed by atoms with Gasteiger partial charge in [0.2, 0.25) is 0 Å². The monoisotopic (exact) mass is 260 g/mol. The highest BCUT2D eigenvalue weighted by Crippen LogP contribution is 2.37. The van der Waals surface area contributed by atoms with Gasteiger partial charge in [0.05, 0.1) is 6.42 Å². The van der Waals surface area contributed by atoms with Gasteiger partial charge in [-0.25, -0.2) is 0 Å². The highest BCUT2D eigenvalue weighted by molar-refractivity contribution is 7.99. The number of carboxylic acids is 1. The third-order valence-electron chi connectivity index (χ3n) is 3.19. The van der Waals surface area contributed by atoms with Crippen LogP contribution in [-0.4, -0.2) is 22.6 Å². The molecule has 0 atom stereocenters. The van der Waals surface area contributed by atoms with Gasteiger partial charge in [0.25, 0.3) is 0 Å². The van der Waals surface area contributed by atoms with Crippen LogP contribution in [0.2, 0.25) is 0 Å². The highest BCUT2D eigenvalue weighted by atomic mass is 32.2. The van der Waals surface area contributed by atoms with Crippen molar-refractivity contribution in [3.05, 3.63) is 35.9 Å². The van der Waals surface area contributed by atoms with Crippen molar-refractivity contribution in [1.29, 1.82) is 0 Å². The van der Waals surface area contributed by atoms with Crippen LogP contribution in [0.4, 0.5) is 0 Å². The van der Waals surface area contributed by atoms with Gasteiger partial charge in [-0.15, -0.1) is 0 Å². The second-order valence-corrected chi connectivity index (χ2v) is 5.80. The minimum atomic E-state index is -0.746. The SMILES string of the molecule is O=C(O)CC1(C#Cc2ccccc2)CCSCC1. The number of carbonyl (C=O) groups is 1. The fourth-order valence-electron chi connectivity index (χ4n) is 2.12. The van der Waals surface area contributed by atoms with Crippen LogP contribution < -0.4 is 0 Å². The average Bonchev–Trinajstić information content (AvgIpc) is 2.38. The molecule has 1 aliphatic heterocycles. The van der Waals surface area contributed by atoms with E-state index in [9.17, 15) is 4.79 Å². The predicted octanol–water partition coefficient (Wildman–Crippen LogP) is 3.03. The third-order valence-corrected chi connectivity index (χ3v) is 4.17. The van der Waals surface area contributed by atoms with Crippen LogP contribution in [0.5, 0.6) is 0 Å². The summed E-state index contributed by atoms with van der Waals surface area (Å²) in [6.45, 7) is 0. The van der Waals surface area contributed by atoms with Crippen molar-refractivity contribution < 1.29 is 9.90 Å². The maximum Gasteiger partial charge on any atom is 0.304 e. The van der Waals surface area contributed by atoms with Crippen molar-refractivity contribution in [2.75, 3.05) is 11.5 Å². The van der Waals surface area contributed by atoms with E-state index in [1.165, 1.54) is 0 Å². The van der Waals surface area contributed by atoms with Crippen molar-refractivity contribution in [2.45, 2.75) is 19.3 Å². The van der Waals surface area contributed by atoms with Crippen molar-refractivity contribution in [1.82, 2.24) is 0 Å². The zero-order valence-electron chi connectivity index (χ0n) is 10.2. The van der Waals surface area contributed by atoms with Crippen molar-refractivity contribution >= 4 is 17.7 Å². The molecule has 1 saturated heterocycles. The highest BCUT2D eigenvalue weighted by Gasteiger charge is 2.32. The zero-order valence-corrected chi connectivity index (χ0v) is 11.0. The Labute approximate surface area is 112 Å². The summed E-state index contributed by atoms with van der Waals surface area (Å²) in [5, 5.41) is 9.05. The van der Waals surface area contributed by atoms with Crippen LogP contribution in [0, 0.1) is 17.3 Å². The number of hydrogen-bond donors (Lipinski definition) is 1. The van der Waals surface area contributed by atoms with Gasteiger partial charge in [-0.2, -0.15) is 11.8 Å². The largest absolute Gasteiger partial charge is 0.481 e. The molecule has 1 aliphatic rings. The molecule has 3 heteroatoms. The lowest BCUT2D eigenvalue weighted by Gasteiger charge is -2.30. The molecule has 0 unspecified atom stereocenters. The Balaban J connectivity index is 2.20. The third kappa shape index (κ3) is 3.54. The lowest BCUT2D eigenvalue weighted by atomic mass is 9.79. The molecule has 1 N–H and O–H groups in total. The molecule has 0 spiro atoms. The van der Waals surface area contributed by atoms with Gasteiger partial charge >= 0.3 is 5.97 Å². The molecule has 0 bridgehead atoms. The molecule has 1 aromatic rings. The summed E-state index contributed by atoms with van der Waals surface area (Å²) in [7, 11) is 0. The minimum absolute atomic E-state index is 0.160. The number of benzene rings is 1. The molecule has 1 fully saturated rings. The van der Waals surface area contributed by atoms with E-state index < -0.39 is 5.97 Å². The van der Waals surface area contributed by atoms with E-state index in [1.54, 1.807) is 0 Å². The van der Waals surface area contributed by atoms with E-state index in [2.05, 4.69) is 11.8 Å². The van der Waals surface area contributed by atoms with E-state index in [0.717, 1.165) is 29.9 Å². The molecule has 0 radical (unpaired) electrons. The van der Waals surface area contributed by atoms with E-state index in [4.69, 9.17) is 5.11 Å². The Morgan fingerprint density at radius 3 is 2.56 bits per heavy atom. The van der Waals surface area contributed by atoms with Crippen LogP contribution in [-0.2, 0) is 4.79 Å². The maximum atomic E-state index is 11.0. The molecule has 1 aromatic carbocycles. The van der Waals surface area contributed by atoms with E-state index in [-0.39, 0.29) is 11.8 Å². The first-order valence-electron chi connectivity index (χ1n) is 6.08. The summed E-state index contributed by atoms with van der Waals surface area (Å²) in [6.07, 6.45) is 1.92. The van der Waals surface area contributed by atoms with Crippen LogP contribution in [0.1, 0.15) is 24.8 Å². The van der Waals surface area contributed by atoms with Gasteiger partial charge < -0.3 is 5.11 Å². The molecule has 0 aliphatic carbocycles. The number of thioether (sulfide) groups is 1. The lowest BCUT2D eigenvalue weighted by molar-refractivity contribution is -0.139. The molecule has 0 saturated carbocycles. The second kappa shape index (κ2) is 5.97. The average molecular weight is 260 g/mol. The van der Waals surface area contributed by atoms with Gasteiger partial charge in [-0.3, -0.25) is 4.79 Å². The molecule has 0 amide bonds. The first-order chi connectivity index (χ1) is 8.70. The Morgan fingerprint density at radius 1 is 1.28 bits per heavy atom. The maximum absolute atomic E-state index is 11.0. The normalized spacial score (nSPS) is 17.6. The summed E-state index contributed by atoms with van der Waals surface area (Å²) < 4.78 is 0. The van der Waals surface area contributed by atoms with Gasteiger partial charge in [-0.1, -0.05) is 30.0 Å². The molecule has 18 heavy (non-hydrogen) atoms. The summed E-state index contributed by atoms with van der Waals surface area (Å²) in [5.41, 5.74) is 0.632. The van der Waals surface area contributed by atoms with Gasteiger partial charge in [0.15, 0.2) is 0 Å². The second-order valence-electron chi connectivity index (χ2n) is 4.58. The Morgan fingerprint density at radius 2 is 1.94 bits per heavy atom. The summed E-state index contributed by atoms with van der Waals surface area (Å²) >= 11 is 1.89. The van der Waals surface area contributed by atoms with Crippen LogP contribution in [0.15, 0.2) is 30.3 Å². The van der Waals surface area contributed by atoms with E-state index in [0.29, 0.717) is 0 Å². The first kappa shape index (κ1) is 13.0. The first-order valence-corrected chi connectivity index (χ1v) is 7.23. The zero-order chi connectivity index (χ0) is 12.8. The van der Waals surface area contributed by atoms with E-state index >= 15 is 0 Å². The summed E-state index contributed by atoms with van der Waals surface area (Å²) in [4.78, 5) is 11.0. The molecule has 0 aromatic heterocycles. The van der Waals surface area contributed by atoms with E-state index in [1.807, 2.05) is 42.1 Å². The Kier molecular flexibility index (Phi) is 4.33. The molecule has 2 rings (SSSR count). The van der Waals surface area contributed by atoms with Crippen LogP contribution in [0.25, 0.3) is 0 Å². The van der Waals surface area contributed by atoms with Gasteiger partial charge in [0.1, 0.15) is 0 Å². The molecule has 2 nitrogen and oxygen atoms in total.